The van der Waals surface area contributed by atoms with Crippen LogP contribution < -0.4 is 5.32 Å². The highest BCUT2D eigenvalue weighted by Gasteiger charge is 2.05. The van der Waals surface area contributed by atoms with Gasteiger partial charge >= 0.3 is 0 Å². The van der Waals surface area contributed by atoms with Crippen LogP contribution in [0.25, 0.3) is 0 Å². The Labute approximate surface area is 107 Å². The van der Waals surface area contributed by atoms with E-state index in [0.29, 0.717) is 0 Å². The minimum atomic E-state index is 0.0851. The molecule has 3 heteroatoms. The average Bonchev–Trinajstić information content (AvgIpc) is 2.40. The van der Waals surface area contributed by atoms with Gasteiger partial charge in [-0.2, -0.15) is 0 Å². The number of hydrogen-bond donors (Lipinski definition) is 1. The number of nitrogens with one attached hydrogen (secondary N) is 1. The molecule has 1 heterocycles. The molecule has 0 bridgehead atoms. The summed E-state index contributed by atoms with van der Waals surface area (Å²) in [5, 5.41) is 3.37. The van der Waals surface area contributed by atoms with E-state index in [1.165, 1.54) is 0 Å². The number of Topliss-reactive ketones (excluding diaryl/α,β-unsaturated/α-hetero) is 1. The SMILES string of the molecule is CC(=O)c1ccc(NC(C)c2cccnc2)cc1. The van der Waals surface area contributed by atoms with E-state index < -0.39 is 0 Å². The first kappa shape index (κ1) is 12.3. The number of ketones is 1. The largest absolute Gasteiger partial charge is 0.378 e. The molecule has 2 aromatic rings. The van der Waals surface area contributed by atoms with Crippen LogP contribution in [0.3, 0.4) is 0 Å². The fourth-order valence-corrected chi connectivity index (χ4v) is 1.77. The molecule has 92 valence electrons. The van der Waals surface area contributed by atoms with Crippen molar-refractivity contribution in [1.29, 1.82) is 0 Å². The maximum Gasteiger partial charge on any atom is 0.159 e. The van der Waals surface area contributed by atoms with Crippen molar-refractivity contribution < 1.29 is 4.79 Å². The van der Waals surface area contributed by atoms with E-state index in [1.54, 1.807) is 13.1 Å². The summed E-state index contributed by atoms with van der Waals surface area (Å²) in [4.78, 5) is 15.3. The van der Waals surface area contributed by atoms with Gasteiger partial charge in [-0.25, -0.2) is 0 Å². The zero-order chi connectivity index (χ0) is 13.0. The van der Waals surface area contributed by atoms with E-state index in [1.807, 2.05) is 42.6 Å². The number of rotatable bonds is 4. The van der Waals surface area contributed by atoms with Gasteiger partial charge in [-0.15, -0.1) is 0 Å². The molecule has 3 nitrogen and oxygen atoms in total. The van der Waals surface area contributed by atoms with Gasteiger partial charge in [-0.3, -0.25) is 9.78 Å². The molecule has 0 saturated carbocycles. The second-order valence-electron chi connectivity index (χ2n) is 4.29. The standard InChI is InChI=1S/C15H16N2O/c1-11(14-4-3-9-16-10-14)17-15-7-5-13(6-8-15)12(2)18/h3-11,17H,1-2H3. The van der Waals surface area contributed by atoms with E-state index in [4.69, 9.17) is 0 Å². The van der Waals surface area contributed by atoms with Crippen LogP contribution >= 0.6 is 0 Å². The van der Waals surface area contributed by atoms with Crippen LogP contribution in [0.15, 0.2) is 48.8 Å². The van der Waals surface area contributed by atoms with Gasteiger partial charge in [-0.1, -0.05) is 6.07 Å². The number of pyridine rings is 1. The molecule has 1 unspecified atom stereocenters. The Hall–Kier alpha value is -2.16. The van der Waals surface area contributed by atoms with Crippen molar-refractivity contribution in [2.75, 3.05) is 5.32 Å². The van der Waals surface area contributed by atoms with Gasteiger partial charge in [0.25, 0.3) is 0 Å². The molecular formula is C15H16N2O. The molecule has 1 N–H and O–H groups in total. The highest BCUT2D eigenvalue weighted by atomic mass is 16.1. The van der Waals surface area contributed by atoms with Crippen molar-refractivity contribution in [2.45, 2.75) is 19.9 Å². The topological polar surface area (TPSA) is 42.0 Å². The fraction of sp³-hybridized carbons (Fsp3) is 0.200. The summed E-state index contributed by atoms with van der Waals surface area (Å²) in [6.07, 6.45) is 3.61. The number of aromatic nitrogens is 1. The zero-order valence-electron chi connectivity index (χ0n) is 10.6. The van der Waals surface area contributed by atoms with Crippen LogP contribution in [0.5, 0.6) is 0 Å². The molecule has 0 saturated heterocycles. The third-order valence-electron chi connectivity index (χ3n) is 2.86. The molecule has 1 aromatic carbocycles. The lowest BCUT2D eigenvalue weighted by atomic mass is 10.1. The Balaban J connectivity index is 2.08. The van der Waals surface area contributed by atoms with Gasteiger partial charge in [0.1, 0.15) is 0 Å². The lowest BCUT2D eigenvalue weighted by molar-refractivity contribution is 0.101. The fourth-order valence-electron chi connectivity index (χ4n) is 1.77. The lowest BCUT2D eigenvalue weighted by Gasteiger charge is -2.15. The predicted octanol–water partition coefficient (Wildman–Crippen LogP) is 3.46. The Morgan fingerprint density at radius 1 is 1.22 bits per heavy atom. The van der Waals surface area contributed by atoms with Gasteiger partial charge in [-0.05, 0) is 49.7 Å². The average molecular weight is 240 g/mol. The number of benzene rings is 1. The third-order valence-corrected chi connectivity index (χ3v) is 2.86. The minimum Gasteiger partial charge on any atom is -0.378 e. The Morgan fingerprint density at radius 3 is 2.50 bits per heavy atom. The Bertz CT molecular complexity index is 520. The van der Waals surface area contributed by atoms with Crippen LogP contribution in [0.2, 0.25) is 0 Å². The molecule has 18 heavy (non-hydrogen) atoms. The highest BCUT2D eigenvalue weighted by molar-refractivity contribution is 5.94. The molecule has 0 fully saturated rings. The van der Waals surface area contributed by atoms with Crippen molar-refractivity contribution in [1.82, 2.24) is 4.98 Å². The van der Waals surface area contributed by atoms with E-state index in [2.05, 4.69) is 17.2 Å². The van der Waals surface area contributed by atoms with Crippen LogP contribution in [-0.2, 0) is 0 Å². The van der Waals surface area contributed by atoms with Crippen LogP contribution in [0.4, 0.5) is 5.69 Å². The summed E-state index contributed by atoms with van der Waals surface area (Å²) < 4.78 is 0. The first-order chi connectivity index (χ1) is 8.66. The highest BCUT2D eigenvalue weighted by Crippen LogP contribution is 2.18. The van der Waals surface area contributed by atoms with Crippen molar-refractivity contribution in [3.8, 4) is 0 Å². The van der Waals surface area contributed by atoms with Crippen molar-refractivity contribution in [2.24, 2.45) is 0 Å². The predicted molar refractivity (Wildman–Crippen MR) is 72.7 cm³/mol. The maximum absolute atomic E-state index is 11.2. The van der Waals surface area contributed by atoms with E-state index in [-0.39, 0.29) is 11.8 Å². The summed E-state index contributed by atoms with van der Waals surface area (Å²) in [5.41, 5.74) is 2.86. The molecule has 0 radical (unpaired) electrons. The summed E-state index contributed by atoms with van der Waals surface area (Å²) in [7, 11) is 0. The zero-order valence-corrected chi connectivity index (χ0v) is 10.6. The molecule has 2 rings (SSSR count). The van der Waals surface area contributed by atoms with E-state index in [9.17, 15) is 4.79 Å². The number of nitrogens with zero attached hydrogens (tertiary/aromatic N) is 1. The normalized spacial score (nSPS) is 11.9. The molecule has 0 aliphatic rings. The quantitative estimate of drug-likeness (QED) is 0.832. The molecule has 1 aromatic heterocycles. The summed E-state index contributed by atoms with van der Waals surface area (Å²) in [5.74, 6) is 0.0851. The first-order valence-corrected chi connectivity index (χ1v) is 5.94. The third kappa shape index (κ3) is 2.94. The molecule has 1 atom stereocenters. The van der Waals surface area contributed by atoms with E-state index >= 15 is 0 Å². The molecule has 0 spiro atoms. The molecule has 0 amide bonds. The molecule has 0 aliphatic heterocycles. The number of carbonyl (C=O) groups excluding carboxylic acids is 1. The van der Waals surface area contributed by atoms with Crippen LogP contribution in [-0.4, -0.2) is 10.8 Å². The Morgan fingerprint density at radius 2 is 1.94 bits per heavy atom. The maximum atomic E-state index is 11.2. The summed E-state index contributed by atoms with van der Waals surface area (Å²) in [6.45, 7) is 3.65. The molecule has 0 aliphatic carbocycles. The van der Waals surface area contributed by atoms with Gasteiger partial charge in [0.2, 0.25) is 0 Å². The van der Waals surface area contributed by atoms with Gasteiger partial charge < -0.3 is 5.32 Å². The lowest BCUT2D eigenvalue weighted by Crippen LogP contribution is -2.06. The Kier molecular flexibility index (Phi) is 3.72. The van der Waals surface area contributed by atoms with Crippen LogP contribution in [0, 0.1) is 0 Å². The van der Waals surface area contributed by atoms with Gasteiger partial charge in [0, 0.05) is 23.6 Å². The van der Waals surface area contributed by atoms with Crippen molar-refractivity contribution >= 4 is 11.5 Å². The van der Waals surface area contributed by atoms with E-state index in [0.717, 1.165) is 16.8 Å². The molecular weight excluding hydrogens is 224 g/mol. The monoisotopic (exact) mass is 240 g/mol. The minimum absolute atomic E-state index is 0.0851. The summed E-state index contributed by atoms with van der Waals surface area (Å²) >= 11 is 0. The first-order valence-electron chi connectivity index (χ1n) is 5.94. The number of carbonyl (C=O) groups is 1. The van der Waals surface area contributed by atoms with Gasteiger partial charge in [0.15, 0.2) is 5.78 Å². The van der Waals surface area contributed by atoms with Crippen molar-refractivity contribution in [3.05, 3.63) is 59.9 Å². The summed E-state index contributed by atoms with van der Waals surface area (Å²) in [6, 6.07) is 11.6. The number of anilines is 1. The van der Waals surface area contributed by atoms with Crippen molar-refractivity contribution in [3.63, 3.8) is 0 Å². The second-order valence-corrected chi connectivity index (χ2v) is 4.29. The smallest absolute Gasteiger partial charge is 0.159 e. The van der Waals surface area contributed by atoms with Crippen LogP contribution in [0.1, 0.15) is 35.8 Å². The number of hydrogen-bond acceptors (Lipinski definition) is 3. The second kappa shape index (κ2) is 5.45. The van der Waals surface area contributed by atoms with Gasteiger partial charge in [0.05, 0.1) is 6.04 Å².